The van der Waals surface area contributed by atoms with Gasteiger partial charge in [-0.2, -0.15) is 5.10 Å². The second-order valence-electron chi connectivity index (χ2n) is 5.79. The zero-order valence-corrected chi connectivity index (χ0v) is 12.7. The molecule has 3 N–H and O–H groups in total. The maximum atomic E-state index is 12.0. The van der Waals surface area contributed by atoms with Gasteiger partial charge in [-0.05, 0) is 24.8 Å². The molecule has 0 aromatic carbocycles. The van der Waals surface area contributed by atoms with E-state index < -0.39 is 10.0 Å². The van der Waals surface area contributed by atoms with Gasteiger partial charge in [0.1, 0.15) is 4.90 Å². The van der Waals surface area contributed by atoms with Crippen LogP contribution in [0.3, 0.4) is 0 Å². The Balaban J connectivity index is 2.59. The third-order valence-corrected chi connectivity index (χ3v) is 4.09. The van der Waals surface area contributed by atoms with Gasteiger partial charge in [-0.1, -0.05) is 20.8 Å². The minimum atomic E-state index is -3.45. The summed E-state index contributed by atoms with van der Waals surface area (Å²) in [6.45, 7) is 7.85. The van der Waals surface area contributed by atoms with Gasteiger partial charge in [-0.15, -0.1) is 0 Å². The van der Waals surface area contributed by atoms with Crippen molar-refractivity contribution in [3.05, 3.63) is 12.4 Å². The molecule has 0 radical (unpaired) electrons. The van der Waals surface area contributed by atoms with Crippen LogP contribution in [0.1, 0.15) is 33.6 Å². The molecule has 110 valence electrons. The summed E-state index contributed by atoms with van der Waals surface area (Å²) in [5.74, 6) is 0. The largest absolute Gasteiger partial charge is 0.330 e. The summed E-state index contributed by atoms with van der Waals surface area (Å²) in [4.78, 5) is 0.207. The summed E-state index contributed by atoms with van der Waals surface area (Å²) in [6.07, 6.45) is 4.47. The summed E-state index contributed by atoms with van der Waals surface area (Å²) in [6, 6.07) is 0. The van der Waals surface area contributed by atoms with Crippen LogP contribution in [-0.4, -0.2) is 31.3 Å². The maximum Gasteiger partial charge on any atom is 0.243 e. The lowest BCUT2D eigenvalue weighted by Crippen LogP contribution is -2.27. The van der Waals surface area contributed by atoms with Crippen LogP contribution in [0.4, 0.5) is 0 Å². The van der Waals surface area contributed by atoms with Crippen molar-refractivity contribution in [3.8, 4) is 0 Å². The molecule has 0 aliphatic carbocycles. The van der Waals surface area contributed by atoms with Gasteiger partial charge < -0.3 is 5.73 Å². The molecular weight excluding hydrogens is 264 g/mol. The Morgan fingerprint density at radius 3 is 2.68 bits per heavy atom. The first-order valence-corrected chi connectivity index (χ1v) is 7.95. The van der Waals surface area contributed by atoms with Gasteiger partial charge in [0.2, 0.25) is 10.0 Å². The van der Waals surface area contributed by atoms with Crippen LogP contribution in [0.15, 0.2) is 17.3 Å². The van der Waals surface area contributed by atoms with E-state index in [1.165, 1.54) is 12.4 Å². The third-order valence-electron chi connectivity index (χ3n) is 2.68. The normalized spacial score (nSPS) is 12.8. The van der Waals surface area contributed by atoms with Crippen molar-refractivity contribution >= 4 is 10.0 Å². The summed E-state index contributed by atoms with van der Waals surface area (Å²) < 4.78 is 28.2. The molecule has 0 bridgehead atoms. The molecule has 0 atom stereocenters. The van der Waals surface area contributed by atoms with Crippen LogP contribution in [0.2, 0.25) is 0 Å². The Hall–Kier alpha value is -0.920. The molecule has 0 spiro atoms. The van der Waals surface area contributed by atoms with Gasteiger partial charge in [-0.3, -0.25) is 4.68 Å². The summed E-state index contributed by atoms with van der Waals surface area (Å²) >= 11 is 0. The lowest BCUT2D eigenvalue weighted by molar-refractivity contribution is 0.378. The number of aromatic nitrogens is 2. The van der Waals surface area contributed by atoms with Crippen LogP contribution < -0.4 is 10.5 Å². The molecule has 0 aliphatic heterocycles. The number of aryl methyl sites for hydroxylation is 1. The SMILES string of the molecule is CC(C)(C)CCNS(=O)(=O)c1cnn(CCCN)c1. The average molecular weight is 288 g/mol. The van der Waals surface area contributed by atoms with E-state index in [0.717, 1.165) is 12.8 Å². The van der Waals surface area contributed by atoms with Crippen molar-refractivity contribution in [2.45, 2.75) is 45.1 Å². The van der Waals surface area contributed by atoms with Gasteiger partial charge in [-0.25, -0.2) is 13.1 Å². The third kappa shape index (κ3) is 5.71. The van der Waals surface area contributed by atoms with Crippen molar-refractivity contribution < 1.29 is 8.42 Å². The zero-order chi connectivity index (χ0) is 14.5. The van der Waals surface area contributed by atoms with Crippen molar-refractivity contribution in [1.82, 2.24) is 14.5 Å². The highest BCUT2D eigenvalue weighted by atomic mass is 32.2. The van der Waals surface area contributed by atoms with E-state index in [1.54, 1.807) is 4.68 Å². The Bertz CT molecular complexity index is 488. The van der Waals surface area contributed by atoms with Crippen LogP contribution in [0.25, 0.3) is 0 Å². The molecule has 0 fully saturated rings. The molecule has 1 rings (SSSR count). The van der Waals surface area contributed by atoms with E-state index in [2.05, 4.69) is 30.6 Å². The molecule has 0 unspecified atom stereocenters. The maximum absolute atomic E-state index is 12.0. The Morgan fingerprint density at radius 2 is 2.11 bits per heavy atom. The molecule has 7 heteroatoms. The molecule has 0 aliphatic rings. The summed E-state index contributed by atoms with van der Waals surface area (Å²) in [5, 5.41) is 4.02. The number of nitrogens with two attached hydrogens (primary N) is 1. The minimum absolute atomic E-state index is 0.105. The first-order chi connectivity index (χ1) is 8.74. The fraction of sp³-hybridized carbons (Fsp3) is 0.750. The van der Waals surface area contributed by atoms with Crippen LogP contribution in [0.5, 0.6) is 0 Å². The van der Waals surface area contributed by atoms with Crippen molar-refractivity contribution in [1.29, 1.82) is 0 Å². The molecule has 1 heterocycles. The van der Waals surface area contributed by atoms with Crippen molar-refractivity contribution in [3.63, 3.8) is 0 Å². The lowest BCUT2D eigenvalue weighted by atomic mass is 9.93. The van der Waals surface area contributed by atoms with E-state index in [-0.39, 0.29) is 10.3 Å². The van der Waals surface area contributed by atoms with E-state index in [1.807, 2.05) is 0 Å². The standard InChI is InChI=1S/C12H24N4O2S/c1-12(2,3)5-7-15-19(17,18)11-9-14-16(10-11)8-4-6-13/h9-10,15H,4-8,13H2,1-3H3. The number of sulfonamides is 1. The average Bonchev–Trinajstić information content (AvgIpc) is 2.73. The minimum Gasteiger partial charge on any atom is -0.330 e. The molecule has 1 aromatic heterocycles. The second kappa shape index (κ2) is 6.49. The highest BCUT2D eigenvalue weighted by Crippen LogP contribution is 2.17. The van der Waals surface area contributed by atoms with Crippen LogP contribution >= 0.6 is 0 Å². The fourth-order valence-corrected chi connectivity index (χ4v) is 2.49. The number of nitrogens with zero attached hydrogens (tertiary/aromatic N) is 2. The van der Waals surface area contributed by atoms with Crippen molar-refractivity contribution in [2.24, 2.45) is 11.1 Å². The van der Waals surface area contributed by atoms with Gasteiger partial charge in [0.15, 0.2) is 0 Å². The van der Waals surface area contributed by atoms with Crippen LogP contribution in [-0.2, 0) is 16.6 Å². The van der Waals surface area contributed by atoms with E-state index in [0.29, 0.717) is 19.6 Å². The van der Waals surface area contributed by atoms with E-state index in [4.69, 9.17) is 5.73 Å². The quantitative estimate of drug-likeness (QED) is 0.781. The van der Waals surface area contributed by atoms with Crippen LogP contribution in [0, 0.1) is 5.41 Å². The van der Waals surface area contributed by atoms with Gasteiger partial charge >= 0.3 is 0 Å². The second-order valence-corrected chi connectivity index (χ2v) is 7.56. The zero-order valence-electron chi connectivity index (χ0n) is 11.9. The predicted octanol–water partition coefficient (Wildman–Crippen LogP) is 0.946. The Labute approximate surface area is 115 Å². The van der Waals surface area contributed by atoms with Crippen molar-refractivity contribution in [2.75, 3.05) is 13.1 Å². The Morgan fingerprint density at radius 1 is 1.42 bits per heavy atom. The van der Waals surface area contributed by atoms with E-state index in [9.17, 15) is 8.42 Å². The molecule has 0 saturated carbocycles. The Kier molecular flexibility index (Phi) is 5.51. The molecular formula is C12H24N4O2S. The first-order valence-electron chi connectivity index (χ1n) is 6.47. The van der Waals surface area contributed by atoms with Gasteiger partial charge in [0.05, 0.1) is 6.20 Å². The number of hydrogen-bond donors (Lipinski definition) is 2. The smallest absolute Gasteiger partial charge is 0.243 e. The molecule has 19 heavy (non-hydrogen) atoms. The number of hydrogen-bond acceptors (Lipinski definition) is 4. The molecule has 6 nitrogen and oxygen atoms in total. The summed E-state index contributed by atoms with van der Waals surface area (Å²) in [5.41, 5.74) is 5.51. The highest BCUT2D eigenvalue weighted by Gasteiger charge is 2.17. The molecule has 0 amide bonds. The number of rotatable bonds is 7. The summed E-state index contributed by atoms with van der Waals surface area (Å²) in [7, 11) is -3.45. The topological polar surface area (TPSA) is 90.0 Å². The van der Waals surface area contributed by atoms with Gasteiger partial charge in [0, 0.05) is 19.3 Å². The molecule has 0 saturated heterocycles. The van der Waals surface area contributed by atoms with E-state index >= 15 is 0 Å². The monoisotopic (exact) mass is 288 g/mol. The molecule has 1 aromatic rings. The predicted molar refractivity (Wildman–Crippen MR) is 75.2 cm³/mol. The highest BCUT2D eigenvalue weighted by molar-refractivity contribution is 7.89. The first kappa shape index (κ1) is 16.1. The van der Waals surface area contributed by atoms with Gasteiger partial charge in [0.25, 0.3) is 0 Å². The lowest BCUT2D eigenvalue weighted by Gasteiger charge is -2.17. The fourth-order valence-electron chi connectivity index (χ4n) is 1.50. The number of nitrogens with one attached hydrogen (secondary N) is 1.